The molecule has 0 amide bonds. The highest BCUT2D eigenvalue weighted by molar-refractivity contribution is 5.70. The fourth-order valence-corrected chi connectivity index (χ4v) is 9.01. The number of carboxylic acids is 1. The summed E-state index contributed by atoms with van der Waals surface area (Å²) in [5.74, 6) is -2.25. The van der Waals surface area contributed by atoms with Gasteiger partial charge >= 0.3 is 11.9 Å². The zero-order chi connectivity index (χ0) is 49.9. The topological polar surface area (TPSA) is 111 Å². The van der Waals surface area contributed by atoms with Crippen LogP contribution in [-0.4, -0.2) is 82.3 Å². The van der Waals surface area contributed by atoms with E-state index >= 15 is 0 Å². The van der Waals surface area contributed by atoms with E-state index < -0.39 is 24.3 Å². The molecular weight excluding hydrogens is 851 g/mol. The van der Waals surface area contributed by atoms with E-state index in [4.69, 9.17) is 18.9 Å². The molecule has 0 aliphatic heterocycles. The molecule has 0 N–H and O–H groups in total. The monoisotopic (exact) mass is 966 g/mol. The first kappa shape index (κ1) is 66.3. The van der Waals surface area contributed by atoms with Crippen molar-refractivity contribution in [3.8, 4) is 0 Å². The highest BCUT2D eigenvalue weighted by Gasteiger charge is 2.22. The lowest BCUT2D eigenvalue weighted by Gasteiger charge is -2.26. The number of aliphatic carboxylic acids is 1. The molecule has 0 aromatic heterocycles. The lowest BCUT2D eigenvalue weighted by molar-refractivity contribution is -0.870. The van der Waals surface area contributed by atoms with Gasteiger partial charge < -0.3 is 33.3 Å². The standard InChI is InChI=1S/C59H115NO8/c1-6-8-10-12-14-16-18-20-22-23-24-25-26-27-28-29-30-31-32-33-34-36-38-40-42-44-46-48-50-57(62)68-55(54-67-59(58(63)64)65-52-51-60(3,4)5)53-66-56(61)49-47-45-43-41-39-37-35-21-19-17-15-13-11-9-7-2/h55,59H,6-54H2,1-5H3. The van der Waals surface area contributed by atoms with Crippen LogP contribution in [0.2, 0.25) is 0 Å². The van der Waals surface area contributed by atoms with Gasteiger partial charge in [-0.15, -0.1) is 0 Å². The molecule has 404 valence electrons. The van der Waals surface area contributed by atoms with Crippen LogP contribution >= 0.6 is 0 Å². The van der Waals surface area contributed by atoms with Crippen LogP contribution < -0.4 is 5.11 Å². The molecule has 0 saturated carbocycles. The molecule has 0 heterocycles. The van der Waals surface area contributed by atoms with Crippen LogP contribution in [0.4, 0.5) is 0 Å². The van der Waals surface area contributed by atoms with Crippen LogP contribution in [0.1, 0.15) is 303 Å². The Balaban J connectivity index is 4.10. The molecule has 9 nitrogen and oxygen atoms in total. The Hall–Kier alpha value is -1.71. The molecule has 0 bridgehead atoms. The minimum Gasteiger partial charge on any atom is -0.545 e. The summed E-state index contributed by atoms with van der Waals surface area (Å²) < 4.78 is 22.7. The smallest absolute Gasteiger partial charge is 0.306 e. The van der Waals surface area contributed by atoms with Gasteiger partial charge in [0.25, 0.3) is 0 Å². The normalized spacial score (nSPS) is 12.7. The van der Waals surface area contributed by atoms with Crippen molar-refractivity contribution in [1.82, 2.24) is 0 Å². The molecule has 0 spiro atoms. The second kappa shape index (κ2) is 51.6. The third-order valence-electron chi connectivity index (χ3n) is 13.6. The van der Waals surface area contributed by atoms with Gasteiger partial charge in [0.15, 0.2) is 12.4 Å². The largest absolute Gasteiger partial charge is 0.545 e. The molecule has 68 heavy (non-hydrogen) atoms. The number of nitrogens with zero attached hydrogens (tertiary/aromatic N) is 1. The Bertz CT molecular complexity index is 1080. The van der Waals surface area contributed by atoms with Gasteiger partial charge in [-0.25, -0.2) is 0 Å². The summed E-state index contributed by atoms with van der Waals surface area (Å²) in [6.45, 7) is 4.81. The van der Waals surface area contributed by atoms with Gasteiger partial charge in [-0.2, -0.15) is 0 Å². The van der Waals surface area contributed by atoms with Gasteiger partial charge in [0.2, 0.25) is 0 Å². The molecular formula is C59H115NO8. The Morgan fingerprint density at radius 2 is 0.662 bits per heavy atom. The van der Waals surface area contributed by atoms with Crippen molar-refractivity contribution < 1.29 is 42.9 Å². The maximum atomic E-state index is 12.9. The highest BCUT2D eigenvalue weighted by atomic mass is 16.7. The number of rotatable bonds is 56. The van der Waals surface area contributed by atoms with Crippen molar-refractivity contribution in [3.63, 3.8) is 0 Å². The van der Waals surface area contributed by atoms with Crippen LogP contribution in [0.5, 0.6) is 0 Å². The van der Waals surface area contributed by atoms with Gasteiger partial charge in [0, 0.05) is 12.8 Å². The molecule has 0 fully saturated rings. The summed E-state index contributed by atoms with van der Waals surface area (Å²) in [7, 11) is 5.93. The number of hydrogen-bond donors (Lipinski definition) is 0. The zero-order valence-corrected chi connectivity index (χ0v) is 46.0. The zero-order valence-electron chi connectivity index (χ0n) is 46.0. The van der Waals surface area contributed by atoms with Gasteiger partial charge in [-0.05, 0) is 12.8 Å². The average molecular weight is 967 g/mol. The van der Waals surface area contributed by atoms with Gasteiger partial charge in [-0.3, -0.25) is 9.59 Å². The molecule has 2 unspecified atom stereocenters. The fourth-order valence-electron chi connectivity index (χ4n) is 9.01. The minimum atomic E-state index is -1.61. The highest BCUT2D eigenvalue weighted by Crippen LogP contribution is 2.18. The van der Waals surface area contributed by atoms with E-state index in [9.17, 15) is 19.5 Å². The molecule has 0 saturated heterocycles. The second-order valence-electron chi connectivity index (χ2n) is 21.7. The van der Waals surface area contributed by atoms with Crippen molar-refractivity contribution >= 4 is 17.9 Å². The van der Waals surface area contributed by atoms with E-state index in [-0.39, 0.29) is 32.2 Å². The van der Waals surface area contributed by atoms with E-state index in [0.717, 1.165) is 38.5 Å². The first-order valence-electron chi connectivity index (χ1n) is 29.7. The van der Waals surface area contributed by atoms with E-state index in [1.807, 2.05) is 21.1 Å². The molecule has 0 aromatic rings. The summed E-state index contributed by atoms with van der Waals surface area (Å²) in [4.78, 5) is 37.2. The van der Waals surface area contributed by atoms with E-state index in [0.29, 0.717) is 17.4 Å². The number of carbonyl (C=O) groups is 3. The number of hydrogen-bond acceptors (Lipinski definition) is 8. The Morgan fingerprint density at radius 3 is 0.941 bits per heavy atom. The SMILES string of the molecule is CCCCCCCCCCCCCCCCCCCCCCCCCCCCCCC(=O)OC(COC(=O)CCCCCCCCCCCCCCCCC)COC(OCC[N+](C)(C)C)C(=O)[O-]. The fraction of sp³-hybridized carbons (Fsp3) is 0.949. The number of likely N-dealkylation sites (N-methyl/N-ethyl adjacent to an activating group) is 1. The number of quaternary nitrogens is 1. The number of carbonyl (C=O) groups excluding carboxylic acids is 3. The Morgan fingerprint density at radius 1 is 0.382 bits per heavy atom. The predicted octanol–water partition coefficient (Wildman–Crippen LogP) is 15.9. The van der Waals surface area contributed by atoms with Crippen LogP contribution in [-0.2, 0) is 33.3 Å². The number of esters is 2. The maximum absolute atomic E-state index is 12.9. The lowest BCUT2D eigenvalue weighted by atomic mass is 10.0. The van der Waals surface area contributed by atoms with Gasteiger partial charge in [0.1, 0.15) is 13.2 Å². The molecule has 0 aromatic carbocycles. The summed E-state index contributed by atoms with van der Waals surface area (Å²) in [5, 5.41) is 11.8. The van der Waals surface area contributed by atoms with Crippen LogP contribution in [0, 0.1) is 0 Å². The summed E-state index contributed by atoms with van der Waals surface area (Å²) in [6, 6.07) is 0. The number of carboxylic acid groups (broad SMARTS) is 1. The molecule has 0 rings (SSSR count). The van der Waals surface area contributed by atoms with Crippen molar-refractivity contribution in [3.05, 3.63) is 0 Å². The minimum absolute atomic E-state index is 0.153. The van der Waals surface area contributed by atoms with Crippen LogP contribution in [0.15, 0.2) is 0 Å². The first-order chi connectivity index (χ1) is 33.1. The summed E-state index contributed by atoms with van der Waals surface area (Å²) in [6.07, 6.45) is 54.5. The number of unbranched alkanes of at least 4 members (excludes halogenated alkanes) is 41. The van der Waals surface area contributed by atoms with Crippen molar-refractivity contribution in [1.29, 1.82) is 0 Å². The summed E-state index contributed by atoms with van der Waals surface area (Å²) in [5.41, 5.74) is 0. The van der Waals surface area contributed by atoms with Crippen molar-refractivity contribution in [2.75, 3.05) is 47.5 Å². The lowest BCUT2D eigenvalue weighted by Crippen LogP contribution is -2.44. The van der Waals surface area contributed by atoms with E-state index in [1.54, 1.807) is 0 Å². The van der Waals surface area contributed by atoms with Gasteiger partial charge in [0.05, 0.1) is 40.3 Å². The molecule has 2 atom stereocenters. The van der Waals surface area contributed by atoms with E-state index in [1.165, 1.54) is 238 Å². The average Bonchev–Trinajstić information content (AvgIpc) is 3.30. The Labute approximate surface area is 422 Å². The Kier molecular flexibility index (Phi) is 50.3. The molecule has 9 heteroatoms. The van der Waals surface area contributed by atoms with Crippen LogP contribution in [0.3, 0.4) is 0 Å². The quantitative estimate of drug-likeness (QED) is 0.0256. The summed E-state index contributed by atoms with van der Waals surface area (Å²) >= 11 is 0. The van der Waals surface area contributed by atoms with E-state index in [2.05, 4.69) is 13.8 Å². The predicted molar refractivity (Wildman–Crippen MR) is 284 cm³/mol. The molecule has 0 radical (unpaired) electrons. The molecule has 0 aliphatic rings. The van der Waals surface area contributed by atoms with Crippen molar-refractivity contribution in [2.24, 2.45) is 0 Å². The second-order valence-corrected chi connectivity index (χ2v) is 21.7. The third kappa shape index (κ3) is 52.1. The van der Waals surface area contributed by atoms with Crippen molar-refractivity contribution in [2.45, 2.75) is 315 Å². The molecule has 0 aliphatic carbocycles. The van der Waals surface area contributed by atoms with Crippen LogP contribution in [0.25, 0.3) is 0 Å². The maximum Gasteiger partial charge on any atom is 0.306 e. The first-order valence-corrected chi connectivity index (χ1v) is 29.7. The number of ether oxygens (including phenoxy) is 4. The van der Waals surface area contributed by atoms with Gasteiger partial charge in [-0.1, -0.05) is 277 Å². The third-order valence-corrected chi connectivity index (χ3v) is 13.6.